The van der Waals surface area contributed by atoms with Gasteiger partial charge in [-0.1, -0.05) is 26.0 Å². The summed E-state index contributed by atoms with van der Waals surface area (Å²) in [6, 6.07) is 9.10. The minimum absolute atomic E-state index is 0.234. The van der Waals surface area contributed by atoms with Gasteiger partial charge < -0.3 is 9.15 Å². The second kappa shape index (κ2) is 7.91. The molecule has 2 aromatic rings. The lowest BCUT2D eigenvalue weighted by atomic mass is 10.1. The molecule has 3 rings (SSSR count). The Kier molecular flexibility index (Phi) is 5.39. The first-order valence-electron chi connectivity index (χ1n) is 8.59. The number of hydrogen-bond donors (Lipinski definition) is 2. The second-order valence-corrected chi connectivity index (χ2v) is 6.57. The normalized spacial score (nSPS) is 14.0. The highest BCUT2D eigenvalue weighted by atomic mass is 16.5. The molecule has 1 fully saturated rings. The van der Waals surface area contributed by atoms with Gasteiger partial charge in [-0.25, -0.2) is 9.59 Å². The summed E-state index contributed by atoms with van der Waals surface area (Å²) < 4.78 is 10.9. The third-order valence-corrected chi connectivity index (χ3v) is 3.79. The molecule has 1 saturated heterocycles. The van der Waals surface area contributed by atoms with Gasteiger partial charge in [0.25, 0.3) is 11.8 Å². The number of hydrogen-bond acceptors (Lipinski definition) is 6. The van der Waals surface area contributed by atoms with E-state index in [9.17, 15) is 19.2 Å². The zero-order valence-corrected chi connectivity index (χ0v) is 15.3. The van der Waals surface area contributed by atoms with Crippen molar-refractivity contribution in [1.29, 1.82) is 0 Å². The molecule has 28 heavy (non-hydrogen) atoms. The van der Waals surface area contributed by atoms with E-state index in [2.05, 4.69) is 0 Å². The molecule has 0 atom stereocenters. The molecule has 1 aromatic carbocycles. The maximum atomic E-state index is 12.1. The van der Waals surface area contributed by atoms with Crippen LogP contribution < -0.4 is 10.6 Å². The number of imide groups is 2. The van der Waals surface area contributed by atoms with Gasteiger partial charge in [-0.2, -0.15) is 0 Å². The SMILES string of the molecule is CC(C)COC(=O)c1cccc(-c2ccc(C=C3C(=O)NC(=O)NC3=O)o2)c1. The Morgan fingerprint density at radius 2 is 1.82 bits per heavy atom. The van der Waals surface area contributed by atoms with Gasteiger partial charge in [-0.15, -0.1) is 0 Å². The molecule has 0 aliphatic carbocycles. The fourth-order valence-electron chi connectivity index (χ4n) is 2.46. The van der Waals surface area contributed by atoms with Crippen molar-refractivity contribution >= 4 is 29.9 Å². The van der Waals surface area contributed by atoms with Gasteiger partial charge in [0.05, 0.1) is 12.2 Å². The molecule has 0 spiro atoms. The molecular formula is C20H18N2O6. The van der Waals surface area contributed by atoms with Crippen molar-refractivity contribution < 1.29 is 28.3 Å². The molecule has 0 radical (unpaired) electrons. The third-order valence-electron chi connectivity index (χ3n) is 3.79. The first kappa shape index (κ1) is 19.1. The summed E-state index contributed by atoms with van der Waals surface area (Å²) in [5, 5.41) is 3.97. The van der Waals surface area contributed by atoms with Gasteiger partial charge in [0, 0.05) is 5.56 Å². The number of urea groups is 1. The van der Waals surface area contributed by atoms with Crippen LogP contribution in [0.5, 0.6) is 0 Å². The maximum absolute atomic E-state index is 12.1. The molecule has 8 heteroatoms. The van der Waals surface area contributed by atoms with E-state index in [-0.39, 0.29) is 17.3 Å². The van der Waals surface area contributed by atoms with Crippen LogP contribution in [0, 0.1) is 5.92 Å². The van der Waals surface area contributed by atoms with E-state index in [1.165, 1.54) is 6.08 Å². The summed E-state index contributed by atoms with van der Waals surface area (Å²) in [6.07, 6.45) is 1.24. The number of carbonyl (C=O) groups is 4. The molecule has 144 valence electrons. The lowest BCUT2D eigenvalue weighted by Gasteiger charge is -2.13. The van der Waals surface area contributed by atoms with Crippen LogP contribution in [0.4, 0.5) is 4.79 Å². The summed E-state index contributed by atoms with van der Waals surface area (Å²) in [7, 11) is 0. The number of barbiturate groups is 1. The average molecular weight is 382 g/mol. The Labute approximate surface area is 160 Å². The standard InChI is InChI=1S/C20H18N2O6/c1-11(2)10-27-19(25)13-5-3-4-12(8-13)16-7-6-14(28-16)9-15-17(23)21-20(26)22-18(15)24/h3-9,11H,10H2,1-2H3,(H2,21,22,23,24,26). The van der Waals surface area contributed by atoms with E-state index in [0.717, 1.165) is 0 Å². The molecule has 1 aromatic heterocycles. The number of benzene rings is 1. The van der Waals surface area contributed by atoms with E-state index >= 15 is 0 Å². The number of ether oxygens (including phenoxy) is 1. The minimum atomic E-state index is -0.867. The van der Waals surface area contributed by atoms with Crippen molar-refractivity contribution in [1.82, 2.24) is 10.6 Å². The van der Waals surface area contributed by atoms with Gasteiger partial charge in [-0.3, -0.25) is 20.2 Å². The number of esters is 1. The van der Waals surface area contributed by atoms with Crippen molar-refractivity contribution in [2.24, 2.45) is 5.92 Å². The van der Waals surface area contributed by atoms with Crippen molar-refractivity contribution in [3.05, 3.63) is 53.3 Å². The molecular weight excluding hydrogens is 364 g/mol. The van der Waals surface area contributed by atoms with Crippen molar-refractivity contribution in [2.75, 3.05) is 6.61 Å². The van der Waals surface area contributed by atoms with E-state index in [0.29, 0.717) is 23.5 Å². The van der Waals surface area contributed by atoms with Crippen LogP contribution >= 0.6 is 0 Å². The third kappa shape index (κ3) is 4.35. The number of furan rings is 1. The Balaban J connectivity index is 1.81. The number of amides is 4. The van der Waals surface area contributed by atoms with Crippen LogP contribution in [-0.4, -0.2) is 30.4 Å². The van der Waals surface area contributed by atoms with E-state index in [1.807, 2.05) is 24.5 Å². The summed E-state index contributed by atoms with van der Waals surface area (Å²) in [5.41, 5.74) is 0.780. The first-order chi connectivity index (χ1) is 13.3. The Hall–Kier alpha value is -3.68. The number of rotatable bonds is 5. The number of carbonyl (C=O) groups excluding carboxylic acids is 4. The first-order valence-corrected chi connectivity index (χ1v) is 8.59. The summed E-state index contributed by atoms with van der Waals surface area (Å²) in [6.45, 7) is 4.23. The molecule has 0 saturated carbocycles. The predicted molar refractivity (Wildman–Crippen MR) is 98.9 cm³/mol. The summed E-state index contributed by atoms with van der Waals surface area (Å²) in [5.74, 6) is -1.11. The van der Waals surface area contributed by atoms with Crippen molar-refractivity contribution in [2.45, 2.75) is 13.8 Å². The van der Waals surface area contributed by atoms with Gasteiger partial charge in [-0.05, 0) is 36.3 Å². The molecule has 1 aliphatic heterocycles. The Bertz CT molecular complexity index is 964. The molecule has 4 amide bonds. The van der Waals surface area contributed by atoms with Gasteiger partial charge >= 0.3 is 12.0 Å². The van der Waals surface area contributed by atoms with E-state index in [4.69, 9.17) is 9.15 Å². The molecule has 2 heterocycles. The minimum Gasteiger partial charge on any atom is -0.462 e. The zero-order chi connectivity index (χ0) is 20.3. The van der Waals surface area contributed by atoms with E-state index < -0.39 is 23.8 Å². The van der Waals surface area contributed by atoms with Gasteiger partial charge in [0.1, 0.15) is 17.1 Å². The topological polar surface area (TPSA) is 115 Å². The van der Waals surface area contributed by atoms with Crippen molar-refractivity contribution in [3.63, 3.8) is 0 Å². The fourth-order valence-corrected chi connectivity index (χ4v) is 2.46. The largest absolute Gasteiger partial charge is 0.462 e. The monoisotopic (exact) mass is 382 g/mol. The van der Waals surface area contributed by atoms with Crippen LogP contribution in [0.3, 0.4) is 0 Å². The number of nitrogens with one attached hydrogen (secondary N) is 2. The van der Waals surface area contributed by atoms with Crippen LogP contribution in [0.1, 0.15) is 30.0 Å². The quantitative estimate of drug-likeness (QED) is 0.466. The predicted octanol–water partition coefficient (Wildman–Crippen LogP) is 2.51. The van der Waals surface area contributed by atoms with Crippen LogP contribution in [0.25, 0.3) is 17.4 Å². The zero-order valence-electron chi connectivity index (χ0n) is 15.3. The fraction of sp³-hybridized carbons (Fsp3) is 0.200. The lowest BCUT2D eigenvalue weighted by Crippen LogP contribution is -2.51. The second-order valence-electron chi connectivity index (χ2n) is 6.57. The van der Waals surface area contributed by atoms with E-state index in [1.54, 1.807) is 36.4 Å². The van der Waals surface area contributed by atoms with Gasteiger partial charge in [0.2, 0.25) is 0 Å². The van der Waals surface area contributed by atoms with Gasteiger partial charge in [0.15, 0.2) is 0 Å². The van der Waals surface area contributed by atoms with Crippen LogP contribution in [-0.2, 0) is 14.3 Å². The molecule has 0 unspecified atom stereocenters. The molecule has 1 aliphatic rings. The summed E-state index contributed by atoms with van der Waals surface area (Å²) in [4.78, 5) is 46.8. The Morgan fingerprint density at radius 3 is 2.50 bits per heavy atom. The highest BCUT2D eigenvalue weighted by Crippen LogP contribution is 2.25. The molecule has 2 N–H and O–H groups in total. The van der Waals surface area contributed by atoms with Crippen LogP contribution in [0.15, 0.2) is 46.4 Å². The molecule has 8 nitrogen and oxygen atoms in total. The summed E-state index contributed by atoms with van der Waals surface area (Å²) >= 11 is 0. The average Bonchev–Trinajstić information content (AvgIpc) is 3.11. The van der Waals surface area contributed by atoms with Crippen LogP contribution in [0.2, 0.25) is 0 Å². The lowest BCUT2D eigenvalue weighted by molar-refractivity contribution is -0.123. The van der Waals surface area contributed by atoms with Crippen molar-refractivity contribution in [3.8, 4) is 11.3 Å². The highest BCUT2D eigenvalue weighted by molar-refractivity contribution is 6.31. The highest BCUT2D eigenvalue weighted by Gasteiger charge is 2.28. The maximum Gasteiger partial charge on any atom is 0.338 e. The molecule has 0 bridgehead atoms. The Morgan fingerprint density at radius 1 is 1.11 bits per heavy atom. The smallest absolute Gasteiger partial charge is 0.338 e.